The Kier molecular flexibility index (Phi) is 85.1. The van der Waals surface area contributed by atoms with Gasteiger partial charge in [0.1, 0.15) is 19.3 Å². The van der Waals surface area contributed by atoms with Crippen molar-refractivity contribution >= 4 is 39.5 Å². The molecule has 0 amide bonds. The molecule has 0 saturated heterocycles. The van der Waals surface area contributed by atoms with E-state index in [9.17, 15) is 43.2 Å². The number of phosphoric acid groups is 2. The van der Waals surface area contributed by atoms with Crippen LogP contribution in [0, 0.1) is 17.8 Å². The van der Waals surface area contributed by atoms with Gasteiger partial charge in [0.2, 0.25) is 0 Å². The summed E-state index contributed by atoms with van der Waals surface area (Å²) in [7, 11) is -9.94. The lowest BCUT2D eigenvalue weighted by atomic mass is 9.99. The second-order valence-electron chi connectivity index (χ2n) is 36.0. The van der Waals surface area contributed by atoms with Crippen LogP contribution in [0.15, 0.2) is 0 Å². The average Bonchev–Trinajstić information content (AvgIpc) is 0.905. The largest absolute Gasteiger partial charge is 0.472 e. The Bertz CT molecular complexity index is 2220. The van der Waals surface area contributed by atoms with Crippen LogP contribution in [0.2, 0.25) is 0 Å². The highest BCUT2D eigenvalue weighted by Gasteiger charge is 2.31. The number of phosphoric ester groups is 2. The van der Waals surface area contributed by atoms with Gasteiger partial charge in [-0.2, -0.15) is 0 Å². The molecule has 0 aromatic rings. The summed E-state index contributed by atoms with van der Waals surface area (Å²) in [5.41, 5.74) is 0. The first-order valence-electron chi connectivity index (χ1n) is 49.9. The molecular formula is C97H190O17P2. The number of rotatable bonds is 95. The summed E-state index contributed by atoms with van der Waals surface area (Å²) in [5.74, 6) is 0.324. The number of aliphatic hydroxyl groups is 1. The number of esters is 4. The number of carbonyl (C=O) groups is 4. The van der Waals surface area contributed by atoms with E-state index in [1.54, 1.807) is 0 Å². The molecule has 0 aliphatic heterocycles. The minimum atomic E-state index is -4.97. The van der Waals surface area contributed by atoms with Gasteiger partial charge in [-0.1, -0.05) is 472 Å². The number of carbonyl (C=O) groups excluding carboxylic acids is 4. The van der Waals surface area contributed by atoms with Gasteiger partial charge < -0.3 is 33.8 Å². The fourth-order valence-corrected chi connectivity index (χ4v) is 16.9. The Morgan fingerprint density at radius 2 is 0.440 bits per heavy atom. The van der Waals surface area contributed by atoms with Gasteiger partial charge in [-0.3, -0.25) is 37.3 Å². The highest BCUT2D eigenvalue weighted by Crippen LogP contribution is 2.45. The first-order valence-corrected chi connectivity index (χ1v) is 52.9. The lowest BCUT2D eigenvalue weighted by Crippen LogP contribution is -2.30. The zero-order valence-corrected chi connectivity index (χ0v) is 78.8. The van der Waals surface area contributed by atoms with Crippen LogP contribution in [0.5, 0.6) is 0 Å². The van der Waals surface area contributed by atoms with E-state index in [1.165, 1.54) is 334 Å². The Balaban J connectivity index is 5.22. The molecule has 0 fully saturated rings. The van der Waals surface area contributed by atoms with Crippen molar-refractivity contribution < 1.29 is 80.2 Å². The van der Waals surface area contributed by atoms with Crippen LogP contribution in [0.3, 0.4) is 0 Å². The number of hydrogen-bond acceptors (Lipinski definition) is 15. The van der Waals surface area contributed by atoms with E-state index in [1.807, 2.05) is 0 Å². The summed E-state index contributed by atoms with van der Waals surface area (Å²) < 4.78 is 69.2. The van der Waals surface area contributed by atoms with E-state index >= 15 is 0 Å². The molecule has 0 heterocycles. The third-order valence-corrected chi connectivity index (χ3v) is 25.1. The van der Waals surface area contributed by atoms with Crippen molar-refractivity contribution in [1.29, 1.82) is 0 Å². The molecule has 0 rings (SSSR count). The zero-order valence-electron chi connectivity index (χ0n) is 77.0. The van der Waals surface area contributed by atoms with Crippen LogP contribution >= 0.6 is 15.6 Å². The summed E-state index contributed by atoms with van der Waals surface area (Å²) in [6, 6.07) is 0. The van der Waals surface area contributed by atoms with Crippen molar-refractivity contribution in [3.8, 4) is 0 Å². The molecule has 3 unspecified atom stereocenters. The smallest absolute Gasteiger partial charge is 0.462 e. The van der Waals surface area contributed by atoms with E-state index in [4.69, 9.17) is 37.0 Å². The maximum Gasteiger partial charge on any atom is 0.472 e. The quantitative estimate of drug-likeness (QED) is 0.0222. The predicted molar refractivity (Wildman–Crippen MR) is 483 cm³/mol. The van der Waals surface area contributed by atoms with E-state index in [-0.39, 0.29) is 25.7 Å². The molecule has 17 nitrogen and oxygen atoms in total. The molecule has 0 bridgehead atoms. The van der Waals surface area contributed by atoms with Gasteiger partial charge in [0, 0.05) is 25.7 Å². The molecule has 0 aliphatic carbocycles. The van der Waals surface area contributed by atoms with Gasteiger partial charge in [-0.25, -0.2) is 9.13 Å². The Morgan fingerprint density at radius 1 is 0.250 bits per heavy atom. The predicted octanol–water partition coefficient (Wildman–Crippen LogP) is 30.4. The normalized spacial score (nSPS) is 13.9. The zero-order chi connectivity index (χ0) is 85.0. The minimum absolute atomic E-state index is 0.108. The molecule has 6 atom stereocenters. The van der Waals surface area contributed by atoms with Crippen molar-refractivity contribution in [3.05, 3.63) is 0 Å². The number of ether oxygens (including phenoxy) is 4. The van der Waals surface area contributed by atoms with Crippen LogP contribution in [0.1, 0.15) is 524 Å². The highest BCUT2D eigenvalue weighted by atomic mass is 31.2. The fourth-order valence-electron chi connectivity index (χ4n) is 15.3. The van der Waals surface area contributed by atoms with E-state index in [0.717, 1.165) is 108 Å². The van der Waals surface area contributed by atoms with Crippen molar-refractivity contribution in [3.63, 3.8) is 0 Å². The summed E-state index contributed by atoms with van der Waals surface area (Å²) in [6.07, 6.45) is 82.3. The van der Waals surface area contributed by atoms with Gasteiger partial charge in [0.25, 0.3) is 0 Å². The molecule has 0 spiro atoms. The van der Waals surface area contributed by atoms with Crippen molar-refractivity contribution in [1.82, 2.24) is 0 Å². The Labute approximate surface area is 715 Å². The standard InChI is InChI=1S/C97H190O17P2/c1-8-10-11-12-13-14-15-16-17-18-19-20-21-22-29-34-39-44-49-57-64-71-78-94(99)107-84-92(113-96(101)80-73-67-60-51-46-41-36-31-26-24-28-33-38-43-48-56-63-70-77-90(7)9-2)86-111-115(103,104)109-82-91(98)83-110-116(105,106)112-87-93(85-108-95(100)79-72-65-58-53-52-55-62-69-76-89(5)6)114-97(102)81-74-66-59-50-45-40-35-30-25-23-27-32-37-42-47-54-61-68-75-88(3)4/h88-93,98H,8-87H2,1-7H3,(H,103,104)(H,105,106)/t90?,91-,92-,93-/m1/s1. The second-order valence-corrected chi connectivity index (χ2v) is 38.9. The van der Waals surface area contributed by atoms with Crippen LogP contribution in [-0.4, -0.2) is 96.7 Å². The molecule has 19 heteroatoms. The molecule has 0 saturated carbocycles. The van der Waals surface area contributed by atoms with E-state index in [0.29, 0.717) is 25.7 Å². The van der Waals surface area contributed by atoms with Gasteiger partial charge in [-0.05, 0) is 43.4 Å². The monoisotopic (exact) mass is 1690 g/mol. The van der Waals surface area contributed by atoms with Crippen molar-refractivity contribution in [2.75, 3.05) is 39.6 Å². The molecule has 0 radical (unpaired) electrons. The summed E-state index contributed by atoms with van der Waals surface area (Å²) >= 11 is 0. The first kappa shape index (κ1) is 114. The number of hydrogen-bond donors (Lipinski definition) is 3. The molecule has 0 aromatic carbocycles. The average molecular weight is 1690 g/mol. The van der Waals surface area contributed by atoms with Crippen LogP contribution in [0.25, 0.3) is 0 Å². The van der Waals surface area contributed by atoms with Crippen LogP contribution in [-0.2, 0) is 65.4 Å². The molecule has 0 aliphatic rings. The van der Waals surface area contributed by atoms with Gasteiger partial charge in [0.15, 0.2) is 12.2 Å². The summed E-state index contributed by atoms with van der Waals surface area (Å²) in [4.78, 5) is 73.6. The maximum absolute atomic E-state index is 13.2. The van der Waals surface area contributed by atoms with Crippen LogP contribution in [0.4, 0.5) is 0 Å². The third kappa shape index (κ3) is 88.4. The lowest BCUT2D eigenvalue weighted by molar-refractivity contribution is -0.161. The third-order valence-electron chi connectivity index (χ3n) is 23.2. The van der Waals surface area contributed by atoms with Crippen molar-refractivity contribution in [2.24, 2.45) is 17.8 Å². The highest BCUT2D eigenvalue weighted by molar-refractivity contribution is 7.47. The number of unbranched alkanes of at least 4 members (excludes halogenated alkanes) is 62. The molecule has 116 heavy (non-hydrogen) atoms. The first-order chi connectivity index (χ1) is 56.3. The van der Waals surface area contributed by atoms with Gasteiger partial charge in [0.05, 0.1) is 26.4 Å². The topological polar surface area (TPSA) is 237 Å². The number of aliphatic hydroxyl groups excluding tert-OH is 1. The minimum Gasteiger partial charge on any atom is -0.462 e. The van der Waals surface area contributed by atoms with Gasteiger partial charge in [-0.15, -0.1) is 0 Å². The second kappa shape index (κ2) is 86.6. The molecule has 3 N–H and O–H groups in total. The van der Waals surface area contributed by atoms with Gasteiger partial charge >= 0.3 is 39.5 Å². The molecule has 0 aromatic heterocycles. The SMILES string of the molecule is CCCCCCCCCCCCCCCCCCCCCCCCC(=O)OC[C@H](COP(=O)(O)OC[C@@H](O)COP(=O)(O)OC[C@@H](COC(=O)CCCCCCCCCCC(C)C)OC(=O)CCCCCCCCCCCCCCCCCCCCC(C)C)OC(=O)CCCCCCCCCCCCCCCCCCCCC(C)CC. The van der Waals surface area contributed by atoms with E-state index in [2.05, 4.69) is 48.5 Å². The lowest BCUT2D eigenvalue weighted by Gasteiger charge is -2.21. The summed E-state index contributed by atoms with van der Waals surface area (Å²) in [6.45, 7) is 12.1. The van der Waals surface area contributed by atoms with Crippen LogP contribution < -0.4 is 0 Å². The summed E-state index contributed by atoms with van der Waals surface area (Å²) in [5, 5.41) is 10.7. The van der Waals surface area contributed by atoms with E-state index < -0.39 is 97.5 Å². The molecule has 690 valence electrons. The van der Waals surface area contributed by atoms with Crippen molar-refractivity contribution in [2.45, 2.75) is 542 Å². The molecular weight excluding hydrogens is 1500 g/mol. The fraction of sp³-hybridized carbons (Fsp3) is 0.959. The maximum atomic E-state index is 13.2. The Hall–Kier alpha value is -1.94. The Morgan fingerprint density at radius 3 is 0.655 bits per heavy atom.